The Hall–Kier alpha value is -1.35. The molecule has 0 aliphatic rings. The zero-order chi connectivity index (χ0) is 10.1. The van der Waals surface area contributed by atoms with Crippen LogP contribution in [-0.2, 0) is 4.74 Å². The normalized spacial score (nSPS) is 10.4. The summed E-state index contributed by atoms with van der Waals surface area (Å²) in [4.78, 5) is 11.2. The summed E-state index contributed by atoms with van der Waals surface area (Å²) in [7, 11) is 1.40. The summed E-state index contributed by atoms with van der Waals surface area (Å²) in [5.41, 5.74) is 1.86. The van der Waals surface area contributed by atoms with E-state index in [1.165, 1.54) is 18.1 Å². The molecular weight excluding hydrogens is 196 g/mol. The van der Waals surface area contributed by atoms with Crippen molar-refractivity contribution in [3.8, 4) is 0 Å². The van der Waals surface area contributed by atoms with E-state index in [2.05, 4.69) is 17.0 Å². The molecule has 0 aliphatic carbocycles. The highest BCUT2D eigenvalue weighted by atomic mass is 32.1. The molecule has 2 aromatic rings. The zero-order valence-corrected chi connectivity index (χ0v) is 8.85. The molecule has 0 fully saturated rings. The predicted molar refractivity (Wildman–Crippen MR) is 57.9 cm³/mol. The number of carbonyl (C=O) groups is 1. The molecule has 1 heterocycles. The Morgan fingerprint density at radius 2 is 2.21 bits per heavy atom. The Kier molecular flexibility index (Phi) is 2.25. The van der Waals surface area contributed by atoms with Crippen molar-refractivity contribution in [2.75, 3.05) is 7.11 Å². The third-order valence-electron chi connectivity index (χ3n) is 2.19. The number of hydrogen-bond donors (Lipinski definition) is 0. The summed E-state index contributed by atoms with van der Waals surface area (Å²) >= 11 is 1.65. The van der Waals surface area contributed by atoms with Gasteiger partial charge in [0.25, 0.3) is 0 Å². The van der Waals surface area contributed by atoms with Crippen LogP contribution in [0.3, 0.4) is 0 Å². The maximum Gasteiger partial charge on any atom is 0.337 e. The predicted octanol–water partition coefficient (Wildman–Crippen LogP) is 3.00. The molecule has 0 saturated carbocycles. The average Bonchev–Trinajstić information content (AvgIpc) is 2.59. The van der Waals surface area contributed by atoms with E-state index in [0.717, 1.165) is 4.70 Å². The Morgan fingerprint density at radius 1 is 1.43 bits per heavy atom. The molecule has 14 heavy (non-hydrogen) atoms. The van der Waals surface area contributed by atoms with Crippen molar-refractivity contribution in [3.63, 3.8) is 0 Å². The quantitative estimate of drug-likeness (QED) is 0.670. The number of aryl methyl sites for hydroxylation is 1. The van der Waals surface area contributed by atoms with Gasteiger partial charge in [0.2, 0.25) is 0 Å². The molecule has 1 aromatic carbocycles. The molecule has 0 spiro atoms. The van der Waals surface area contributed by atoms with E-state index < -0.39 is 0 Å². The van der Waals surface area contributed by atoms with Gasteiger partial charge in [-0.2, -0.15) is 0 Å². The molecule has 3 heteroatoms. The summed E-state index contributed by atoms with van der Waals surface area (Å²) < 4.78 is 5.79. The Balaban J connectivity index is 2.57. The van der Waals surface area contributed by atoms with Crippen molar-refractivity contribution < 1.29 is 9.53 Å². The zero-order valence-electron chi connectivity index (χ0n) is 8.03. The van der Waals surface area contributed by atoms with Crippen molar-refractivity contribution in [1.82, 2.24) is 0 Å². The van der Waals surface area contributed by atoms with Crippen LogP contribution in [0.25, 0.3) is 10.1 Å². The summed E-state index contributed by atoms with van der Waals surface area (Å²) in [6.07, 6.45) is 0. The molecule has 0 saturated heterocycles. The molecule has 0 aliphatic heterocycles. The number of carbonyl (C=O) groups excluding carboxylic acids is 1. The molecule has 72 valence electrons. The number of fused-ring (bicyclic) bond motifs is 1. The minimum absolute atomic E-state index is 0.280. The van der Waals surface area contributed by atoms with Gasteiger partial charge < -0.3 is 4.74 Å². The number of esters is 1. The molecule has 0 atom stereocenters. The van der Waals surface area contributed by atoms with E-state index in [9.17, 15) is 4.79 Å². The number of methoxy groups -OCH3 is 1. The third kappa shape index (κ3) is 1.40. The van der Waals surface area contributed by atoms with Crippen LogP contribution in [0.2, 0.25) is 0 Å². The van der Waals surface area contributed by atoms with E-state index >= 15 is 0 Å². The highest BCUT2D eigenvalue weighted by Crippen LogP contribution is 2.26. The maximum absolute atomic E-state index is 11.2. The number of rotatable bonds is 1. The van der Waals surface area contributed by atoms with E-state index in [1.807, 2.05) is 12.1 Å². The second-order valence-electron chi connectivity index (χ2n) is 3.12. The highest BCUT2D eigenvalue weighted by molar-refractivity contribution is 7.17. The molecule has 0 N–H and O–H groups in total. The van der Waals surface area contributed by atoms with Gasteiger partial charge in [-0.15, -0.1) is 11.3 Å². The number of thiophene rings is 1. The molecule has 0 bridgehead atoms. The fraction of sp³-hybridized carbons (Fsp3) is 0.182. The largest absolute Gasteiger partial charge is 0.465 e. The van der Waals surface area contributed by atoms with Gasteiger partial charge in [-0.1, -0.05) is 6.07 Å². The van der Waals surface area contributed by atoms with Gasteiger partial charge >= 0.3 is 5.97 Å². The van der Waals surface area contributed by atoms with Crippen molar-refractivity contribution in [2.24, 2.45) is 0 Å². The molecular formula is C11H10O2S. The van der Waals surface area contributed by atoms with Gasteiger partial charge in [0.15, 0.2) is 0 Å². The van der Waals surface area contributed by atoms with Gasteiger partial charge in [0, 0.05) is 4.70 Å². The fourth-order valence-electron chi connectivity index (χ4n) is 1.41. The minimum Gasteiger partial charge on any atom is -0.465 e. The summed E-state index contributed by atoms with van der Waals surface area (Å²) in [5, 5.41) is 3.30. The first-order valence-electron chi connectivity index (χ1n) is 4.28. The average molecular weight is 206 g/mol. The van der Waals surface area contributed by atoms with Gasteiger partial charge in [0.05, 0.1) is 12.7 Å². The summed E-state index contributed by atoms with van der Waals surface area (Å²) in [5.74, 6) is -0.280. The number of ether oxygens (including phenoxy) is 1. The summed E-state index contributed by atoms with van der Waals surface area (Å²) in [6, 6.07) is 5.64. The first kappa shape index (κ1) is 9.21. The standard InChI is InChI=1S/C11H10O2S/c1-7-6-14-10-5-8(11(12)13-2)3-4-9(7)10/h3-6H,1-2H3. The molecule has 2 rings (SSSR count). The third-order valence-corrected chi connectivity index (χ3v) is 3.25. The van der Waals surface area contributed by atoms with E-state index in [4.69, 9.17) is 0 Å². The lowest BCUT2D eigenvalue weighted by Gasteiger charge is -1.98. The monoisotopic (exact) mass is 206 g/mol. The van der Waals surface area contributed by atoms with Crippen molar-refractivity contribution in [2.45, 2.75) is 6.92 Å². The second kappa shape index (κ2) is 3.42. The van der Waals surface area contributed by atoms with Crippen LogP contribution >= 0.6 is 11.3 Å². The van der Waals surface area contributed by atoms with Crippen LogP contribution in [0.4, 0.5) is 0 Å². The molecule has 1 aromatic heterocycles. The van der Waals surface area contributed by atoms with Crippen LogP contribution in [0.15, 0.2) is 23.6 Å². The molecule has 0 radical (unpaired) electrons. The lowest BCUT2D eigenvalue weighted by molar-refractivity contribution is 0.0601. The van der Waals surface area contributed by atoms with E-state index in [0.29, 0.717) is 5.56 Å². The van der Waals surface area contributed by atoms with Gasteiger partial charge in [-0.05, 0) is 35.4 Å². The van der Waals surface area contributed by atoms with E-state index in [1.54, 1.807) is 17.4 Å². The SMILES string of the molecule is COC(=O)c1ccc2c(C)csc2c1. The molecule has 0 unspecified atom stereocenters. The topological polar surface area (TPSA) is 26.3 Å². The van der Waals surface area contributed by atoms with Gasteiger partial charge in [-0.3, -0.25) is 0 Å². The van der Waals surface area contributed by atoms with Gasteiger partial charge in [-0.25, -0.2) is 4.79 Å². The maximum atomic E-state index is 11.2. The Bertz CT molecular complexity index is 485. The van der Waals surface area contributed by atoms with Crippen molar-refractivity contribution >= 4 is 27.4 Å². The molecule has 2 nitrogen and oxygen atoms in total. The van der Waals surface area contributed by atoms with Crippen LogP contribution in [0.1, 0.15) is 15.9 Å². The summed E-state index contributed by atoms with van der Waals surface area (Å²) in [6.45, 7) is 2.07. The van der Waals surface area contributed by atoms with Gasteiger partial charge in [0.1, 0.15) is 0 Å². The smallest absolute Gasteiger partial charge is 0.337 e. The van der Waals surface area contributed by atoms with Crippen LogP contribution < -0.4 is 0 Å². The minimum atomic E-state index is -0.280. The fourth-order valence-corrected chi connectivity index (χ4v) is 2.39. The lowest BCUT2D eigenvalue weighted by atomic mass is 10.1. The van der Waals surface area contributed by atoms with Crippen LogP contribution in [0.5, 0.6) is 0 Å². The van der Waals surface area contributed by atoms with E-state index in [-0.39, 0.29) is 5.97 Å². The first-order chi connectivity index (χ1) is 6.72. The van der Waals surface area contributed by atoms with Crippen molar-refractivity contribution in [1.29, 1.82) is 0 Å². The highest BCUT2D eigenvalue weighted by Gasteiger charge is 2.07. The second-order valence-corrected chi connectivity index (χ2v) is 4.03. The Labute approximate surface area is 86.1 Å². The number of hydrogen-bond acceptors (Lipinski definition) is 3. The lowest BCUT2D eigenvalue weighted by Crippen LogP contribution is -1.99. The number of benzene rings is 1. The van der Waals surface area contributed by atoms with Crippen molar-refractivity contribution in [3.05, 3.63) is 34.7 Å². The first-order valence-corrected chi connectivity index (χ1v) is 5.16. The Morgan fingerprint density at radius 3 is 2.93 bits per heavy atom. The van der Waals surface area contributed by atoms with Crippen LogP contribution in [0, 0.1) is 6.92 Å². The molecule has 0 amide bonds. The van der Waals surface area contributed by atoms with Crippen LogP contribution in [-0.4, -0.2) is 13.1 Å².